The van der Waals surface area contributed by atoms with Crippen molar-refractivity contribution in [2.75, 3.05) is 45.4 Å². The van der Waals surface area contributed by atoms with E-state index in [2.05, 4.69) is 10.1 Å². The molecule has 3 N–H and O–H groups in total. The predicted molar refractivity (Wildman–Crippen MR) is 79.5 cm³/mol. The number of amidine groups is 1. The molecule has 0 fully saturated rings. The molecule has 112 valence electrons. The maximum atomic E-state index is 8.88. The lowest BCUT2D eigenvalue weighted by Crippen LogP contribution is -2.31. The fourth-order valence-electron chi connectivity index (χ4n) is 1.97. The number of methoxy groups -OCH3 is 2. The van der Waals surface area contributed by atoms with Crippen LogP contribution in [0.2, 0.25) is 0 Å². The quantitative estimate of drug-likeness (QED) is 0.234. The molecule has 0 aliphatic rings. The summed E-state index contributed by atoms with van der Waals surface area (Å²) in [6.45, 7) is 2.84. The number of benzene rings is 1. The van der Waals surface area contributed by atoms with E-state index >= 15 is 0 Å². The number of ether oxygens (including phenoxy) is 2. The summed E-state index contributed by atoms with van der Waals surface area (Å²) in [7, 11) is 3.35. The van der Waals surface area contributed by atoms with Crippen LogP contribution in [0.3, 0.4) is 0 Å². The topological polar surface area (TPSA) is 80.3 Å². The average Bonchev–Trinajstić information content (AvgIpc) is 2.50. The first-order valence-electron chi connectivity index (χ1n) is 6.54. The lowest BCUT2D eigenvalue weighted by molar-refractivity contribution is 0.191. The highest BCUT2D eigenvalue weighted by Gasteiger charge is 2.13. The largest absolute Gasteiger partial charge is 0.409 e. The molecule has 0 saturated carbocycles. The number of anilines is 1. The Morgan fingerprint density at radius 1 is 1.20 bits per heavy atom. The Bertz CT molecular complexity index is 424. The Labute approximate surface area is 119 Å². The minimum absolute atomic E-state index is 0.106. The van der Waals surface area contributed by atoms with Gasteiger partial charge < -0.3 is 25.3 Å². The van der Waals surface area contributed by atoms with E-state index in [9.17, 15) is 0 Å². The second-order valence-electron chi connectivity index (χ2n) is 4.33. The molecular weight excluding hydrogens is 258 g/mol. The number of nitrogens with zero attached hydrogens (tertiary/aromatic N) is 2. The van der Waals surface area contributed by atoms with Crippen molar-refractivity contribution in [3.05, 3.63) is 29.8 Å². The van der Waals surface area contributed by atoms with Gasteiger partial charge in [0.15, 0.2) is 5.84 Å². The third kappa shape index (κ3) is 4.71. The van der Waals surface area contributed by atoms with E-state index in [-0.39, 0.29) is 5.84 Å². The first-order valence-corrected chi connectivity index (χ1v) is 6.54. The van der Waals surface area contributed by atoms with Crippen LogP contribution in [-0.4, -0.2) is 51.6 Å². The summed E-state index contributed by atoms with van der Waals surface area (Å²) < 4.78 is 10.2. The zero-order valence-corrected chi connectivity index (χ0v) is 12.1. The van der Waals surface area contributed by atoms with Crippen molar-refractivity contribution >= 4 is 11.5 Å². The smallest absolute Gasteiger partial charge is 0.172 e. The summed E-state index contributed by atoms with van der Waals surface area (Å²) in [6.07, 6.45) is 0.894. The van der Waals surface area contributed by atoms with Crippen LogP contribution in [0.1, 0.15) is 12.0 Å². The Balaban J connectivity index is 2.93. The summed E-state index contributed by atoms with van der Waals surface area (Å²) in [5.74, 6) is 0.106. The summed E-state index contributed by atoms with van der Waals surface area (Å²) in [4.78, 5) is 2.15. The summed E-state index contributed by atoms with van der Waals surface area (Å²) >= 11 is 0. The fraction of sp³-hybridized carbons (Fsp3) is 0.500. The standard InChI is InChI=1S/C14H23N3O3/c1-19-10-5-8-17(9-11-20-2)13-7-4-3-6-12(13)14(15)16-18/h3-4,6-7,18H,5,8-11H2,1-2H3,(H2,15,16). The van der Waals surface area contributed by atoms with Crippen LogP contribution in [0.5, 0.6) is 0 Å². The molecule has 6 heteroatoms. The van der Waals surface area contributed by atoms with Gasteiger partial charge in [0.05, 0.1) is 6.61 Å². The van der Waals surface area contributed by atoms with Crippen molar-refractivity contribution < 1.29 is 14.7 Å². The summed E-state index contributed by atoms with van der Waals surface area (Å²) in [5.41, 5.74) is 7.37. The van der Waals surface area contributed by atoms with E-state index in [0.29, 0.717) is 18.8 Å². The fourth-order valence-corrected chi connectivity index (χ4v) is 1.97. The van der Waals surface area contributed by atoms with Crippen LogP contribution in [0.4, 0.5) is 5.69 Å². The van der Waals surface area contributed by atoms with Gasteiger partial charge in [-0.15, -0.1) is 0 Å². The highest BCUT2D eigenvalue weighted by atomic mass is 16.5. The third-order valence-corrected chi connectivity index (χ3v) is 2.97. The van der Waals surface area contributed by atoms with Gasteiger partial charge in [0.1, 0.15) is 0 Å². The molecule has 0 heterocycles. The van der Waals surface area contributed by atoms with Crippen LogP contribution >= 0.6 is 0 Å². The minimum Gasteiger partial charge on any atom is -0.409 e. The Kier molecular flexibility index (Phi) is 7.46. The molecule has 0 atom stereocenters. The van der Waals surface area contributed by atoms with Gasteiger partial charge in [-0.25, -0.2) is 0 Å². The van der Waals surface area contributed by atoms with Crippen LogP contribution in [0.15, 0.2) is 29.4 Å². The molecular formula is C14H23N3O3. The molecule has 0 aliphatic heterocycles. The molecule has 1 aromatic rings. The van der Waals surface area contributed by atoms with Crippen LogP contribution in [-0.2, 0) is 9.47 Å². The van der Waals surface area contributed by atoms with E-state index < -0.39 is 0 Å². The second-order valence-corrected chi connectivity index (χ2v) is 4.33. The number of rotatable bonds is 9. The monoisotopic (exact) mass is 281 g/mol. The lowest BCUT2D eigenvalue weighted by Gasteiger charge is -2.26. The second kappa shape index (κ2) is 9.17. The summed E-state index contributed by atoms with van der Waals surface area (Å²) in [5, 5.41) is 12.0. The zero-order chi connectivity index (χ0) is 14.8. The molecule has 20 heavy (non-hydrogen) atoms. The molecule has 1 rings (SSSR count). The number of hydrogen-bond donors (Lipinski definition) is 2. The highest BCUT2D eigenvalue weighted by molar-refractivity contribution is 6.02. The number of hydrogen-bond acceptors (Lipinski definition) is 5. The molecule has 0 spiro atoms. The van der Waals surface area contributed by atoms with E-state index in [1.165, 1.54) is 0 Å². The molecule has 0 aliphatic carbocycles. The van der Waals surface area contributed by atoms with E-state index in [0.717, 1.165) is 25.2 Å². The van der Waals surface area contributed by atoms with Gasteiger partial charge in [0.2, 0.25) is 0 Å². The van der Waals surface area contributed by atoms with E-state index in [4.69, 9.17) is 20.4 Å². The molecule has 6 nitrogen and oxygen atoms in total. The molecule has 0 aromatic heterocycles. The maximum absolute atomic E-state index is 8.88. The van der Waals surface area contributed by atoms with Gasteiger partial charge in [-0.3, -0.25) is 0 Å². The lowest BCUT2D eigenvalue weighted by atomic mass is 10.1. The van der Waals surface area contributed by atoms with Gasteiger partial charge in [0.25, 0.3) is 0 Å². The number of nitrogens with two attached hydrogens (primary N) is 1. The maximum Gasteiger partial charge on any atom is 0.172 e. The van der Waals surface area contributed by atoms with Crippen molar-refractivity contribution in [3.63, 3.8) is 0 Å². The zero-order valence-electron chi connectivity index (χ0n) is 12.1. The third-order valence-electron chi connectivity index (χ3n) is 2.97. The van der Waals surface area contributed by atoms with Crippen LogP contribution in [0.25, 0.3) is 0 Å². The average molecular weight is 281 g/mol. The van der Waals surface area contributed by atoms with Gasteiger partial charge >= 0.3 is 0 Å². The van der Waals surface area contributed by atoms with Gasteiger partial charge in [0, 0.05) is 45.2 Å². The van der Waals surface area contributed by atoms with E-state index in [1.54, 1.807) is 14.2 Å². The Hall–Kier alpha value is -1.79. The van der Waals surface area contributed by atoms with E-state index in [1.807, 2.05) is 24.3 Å². The first-order chi connectivity index (χ1) is 9.74. The normalized spacial score (nSPS) is 11.6. The molecule has 0 unspecified atom stereocenters. The molecule has 1 aromatic carbocycles. The first kappa shape index (κ1) is 16.3. The van der Waals surface area contributed by atoms with Gasteiger partial charge in [-0.1, -0.05) is 17.3 Å². The molecule has 0 radical (unpaired) electrons. The predicted octanol–water partition coefficient (Wildman–Crippen LogP) is 1.27. The van der Waals surface area contributed by atoms with Crippen LogP contribution < -0.4 is 10.6 Å². The summed E-state index contributed by atoms with van der Waals surface area (Å²) in [6, 6.07) is 7.58. The van der Waals surface area contributed by atoms with Crippen molar-refractivity contribution in [2.24, 2.45) is 10.9 Å². The van der Waals surface area contributed by atoms with Gasteiger partial charge in [-0.2, -0.15) is 0 Å². The van der Waals surface area contributed by atoms with Crippen molar-refractivity contribution in [3.8, 4) is 0 Å². The molecule has 0 bridgehead atoms. The number of oxime groups is 1. The van der Waals surface area contributed by atoms with Crippen molar-refractivity contribution in [1.29, 1.82) is 0 Å². The van der Waals surface area contributed by atoms with Crippen LogP contribution in [0, 0.1) is 0 Å². The van der Waals surface area contributed by atoms with Crippen molar-refractivity contribution in [2.45, 2.75) is 6.42 Å². The molecule has 0 amide bonds. The SMILES string of the molecule is COCCCN(CCOC)c1ccccc1C(N)=NO. The number of para-hydroxylation sites is 1. The van der Waals surface area contributed by atoms with Crippen molar-refractivity contribution in [1.82, 2.24) is 0 Å². The van der Waals surface area contributed by atoms with Gasteiger partial charge in [-0.05, 0) is 18.6 Å². The Morgan fingerprint density at radius 3 is 2.55 bits per heavy atom. The minimum atomic E-state index is 0.106. The Morgan fingerprint density at radius 2 is 1.90 bits per heavy atom. The highest BCUT2D eigenvalue weighted by Crippen LogP contribution is 2.20. The molecule has 0 saturated heterocycles.